The van der Waals surface area contributed by atoms with E-state index in [1.807, 2.05) is 0 Å². The molecule has 6 heteroatoms. The second-order valence-corrected chi connectivity index (χ2v) is 3.93. The van der Waals surface area contributed by atoms with Crippen molar-refractivity contribution in [1.82, 2.24) is 14.4 Å². The van der Waals surface area contributed by atoms with E-state index >= 15 is 0 Å². The number of halogens is 1. The zero-order valence-corrected chi connectivity index (χ0v) is 9.35. The van der Waals surface area contributed by atoms with Gasteiger partial charge in [0.2, 0.25) is 5.78 Å². The Morgan fingerprint density at radius 3 is 3.12 bits per heavy atom. The monoisotopic (exact) mass is 239 g/mol. The quantitative estimate of drug-likeness (QED) is 0.889. The third-order valence-corrected chi connectivity index (χ3v) is 2.62. The van der Waals surface area contributed by atoms with Crippen LogP contribution in [0.1, 0.15) is 25.0 Å². The van der Waals surface area contributed by atoms with Gasteiger partial charge in [0.25, 0.3) is 0 Å². The van der Waals surface area contributed by atoms with Gasteiger partial charge in [0.15, 0.2) is 5.15 Å². The van der Waals surface area contributed by atoms with Crippen molar-refractivity contribution in [3.63, 3.8) is 0 Å². The summed E-state index contributed by atoms with van der Waals surface area (Å²) < 4.78 is 1.72. The number of fused-ring (bicyclic) bond motifs is 1. The van der Waals surface area contributed by atoms with E-state index in [2.05, 4.69) is 9.97 Å². The van der Waals surface area contributed by atoms with Crippen molar-refractivity contribution in [1.29, 1.82) is 0 Å². The molecule has 2 rings (SSSR count). The summed E-state index contributed by atoms with van der Waals surface area (Å²) >= 11 is 5.98. The molecule has 0 aliphatic carbocycles. The number of hydrogen-bond acceptors (Lipinski definition) is 3. The number of rotatable bonds is 3. The van der Waals surface area contributed by atoms with Crippen LogP contribution in [0.2, 0.25) is 5.15 Å². The first-order valence-electron chi connectivity index (χ1n) is 4.80. The summed E-state index contributed by atoms with van der Waals surface area (Å²) in [6, 6.07) is 1.75. The Bertz CT molecular complexity index is 538. The highest BCUT2D eigenvalue weighted by molar-refractivity contribution is 6.30. The Balaban J connectivity index is 2.50. The highest BCUT2D eigenvalue weighted by atomic mass is 35.5. The standard InChI is InChI=1S/C10H10ClN3O2/c1-6(5-7(15)16)8-9(11)13-10-12-3-2-4-14(8)10/h2-4,6H,5H2,1H3,(H,15,16). The van der Waals surface area contributed by atoms with Crippen LogP contribution in [0.25, 0.3) is 5.78 Å². The lowest BCUT2D eigenvalue weighted by Crippen LogP contribution is -2.06. The summed E-state index contributed by atoms with van der Waals surface area (Å²) in [7, 11) is 0. The lowest BCUT2D eigenvalue weighted by Gasteiger charge is -2.08. The number of carbonyl (C=O) groups is 1. The van der Waals surface area contributed by atoms with E-state index < -0.39 is 5.97 Å². The molecule has 0 aliphatic rings. The average molecular weight is 240 g/mol. The third kappa shape index (κ3) is 1.86. The minimum absolute atomic E-state index is 0.0163. The van der Waals surface area contributed by atoms with Crippen molar-refractivity contribution in [2.24, 2.45) is 0 Å². The molecule has 0 aromatic carbocycles. The van der Waals surface area contributed by atoms with Crippen LogP contribution in [-0.4, -0.2) is 25.4 Å². The Kier molecular flexibility index (Phi) is 2.78. The number of hydrogen-bond donors (Lipinski definition) is 1. The van der Waals surface area contributed by atoms with Crippen molar-refractivity contribution in [2.45, 2.75) is 19.3 Å². The molecular weight excluding hydrogens is 230 g/mol. The smallest absolute Gasteiger partial charge is 0.304 e. The van der Waals surface area contributed by atoms with Crippen LogP contribution in [0.4, 0.5) is 0 Å². The van der Waals surface area contributed by atoms with Crippen LogP contribution in [0.5, 0.6) is 0 Å². The number of aliphatic carboxylic acids is 1. The number of imidazole rings is 1. The fourth-order valence-corrected chi connectivity index (χ4v) is 2.03. The van der Waals surface area contributed by atoms with E-state index in [4.69, 9.17) is 16.7 Å². The first-order chi connectivity index (χ1) is 7.59. The Morgan fingerprint density at radius 1 is 1.69 bits per heavy atom. The summed E-state index contributed by atoms with van der Waals surface area (Å²) in [4.78, 5) is 18.8. The summed E-state index contributed by atoms with van der Waals surface area (Å²) in [5, 5.41) is 9.07. The van der Waals surface area contributed by atoms with Crippen molar-refractivity contribution in [3.05, 3.63) is 29.3 Å². The molecule has 0 bridgehead atoms. The molecule has 0 saturated heterocycles. The second kappa shape index (κ2) is 4.09. The molecule has 0 radical (unpaired) electrons. The van der Waals surface area contributed by atoms with Crippen molar-refractivity contribution in [2.75, 3.05) is 0 Å². The Hall–Kier alpha value is -1.62. The predicted octanol–water partition coefficient (Wildman–Crippen LogP) is 1.96. The lowest BCUT2D eigenvalue weighted by atomic mass is 10.1. The fraction of sp³-hybridized carbons (Fsp3) is 0.300. The predicted molar refractivity (Wildman–Crippen MR) is 58.7 cm³/mol. The first kappa shape index (κ1) is 10.9. The zero-order chi connectivity index (χ0) is 11.7. The number of aromatic nitrogens is 3. The SMILES string of the molecule is CC(CC(=O)O)c1c(Cl)nc2ncccn12. The van der Waals surface area contributed by atoms with Crippen molar-refractivity contribution in [3.8, 4) is 0 Å². The van der Waals surface area contributed by atoms with Gasteiger partial charge in [-0.05, 0) is 6.07 Å². The Morgan fingerprint density at radius 2 is 2.44 bits per heavy atom. The number of carboxylic acid groups (broad SMARTS) is 1. The normalized spacial score (nSPS) is 12.9. The van der Waals surface area contributed by atoms with Gasteiger partial charge in [0.05, 0.1) is 12.1 Å². The molecule has 2 aromatic heterocycles. The van der Waals surface area contributed by atoms with Crippen molar-refractivity contribution >= 4 is 23.3 Å². The molecule has 1 atom stereocenters. The molecule has 0 amide bonds. The van der Waals surface area contributed by atoms with Gasteiger partial charge in [-0.25, -0.2) is 4.98 Å². The van der Waals surface area contributed by atoms with Gasteiger partial charge in [-0.15, -0.1) is 0 Å². The molecule has 0 aliphatic heterocycles. The van der Waals surface area contributed by atoms with Crippen LogP contribution in [0, 0.1) is 0 Å². The van der Waals surface area contributed by atoms with E-state index in [0.717, 1.165) is 0 Å². The molecule has 1 N–H and O–H groups in total. The maximum atomic E-state index is 10.7. The molecule has 0 saturated carbocycles. The highest BCUT2D eigenvalue weighted by Gasteiger charge is 2.19. The number of nitrogens with zero attached hydrogens (tertiary/aromatic N) is 3. The van der Waals surface area contributed by atoms with Crippen molar-refractivity contribution < 1.29 is 9.90 Å². The maximum Gasteiger partial charge on any atom is 0.304 e. The van der Waals surface area contributed by atoms with E-state index in [1.54, 1.807) is 29.8 Å². The Labute approximate surface area is 96.7 Å². The molecule has 1 unspecified atom stereocenters. The fourth-order valence-electron chi connectivity index (χ4n) is 1.68. The summed E-state index contributed by atoms with van der Waals surface area (Å²) in [5.41, 5.74) is 0.687. The van der Waals surface area contributed by atoms with Crippen LogP contribution < -0.4 is 0 Å². The minimum atomic E-state index is -0.859. The summed E-state index contributed by atoms with van der Waals surface area (Å²) in [6.07, 6.45) is 3.40. The number of carboxylic acids is 1. The summed E-state index contributed by atoms with van der Waals surface area (Å²) in [6.45, 7) is 1.80. The topological polar surface area (TPSA) is 67.5 Å². The van der Waals surface area contributed by atoms with Gasteiger partial charge < -0.3 is 5.11 Å². The van der Waals surface area contributed by atoms with E-state index in [-0.39, 0.29) is 12.3 Å². The van der Waals surface area contributed by atoms with Gasteiger partial charge in [-0.1, -0.05) is 18.5 Å². The molecule has 0 fully saturated rings. The van der Waals surface area contributed by atoms with E-state index in [1.165, 1.54) is 0 Å². The van der Waals surface area contributed by atoms with E-state index in [0.29, 0.717) is 16.6 Å². The van der Waals surface area contributed by atoms with E-state index in [9.17, 15) is 4.79 Å². The minimum Gasteiger partial charge on any atom is -0.481 e. The van der Waals surface area contributed by atoms with Crippen LogP contribution in [-0.2, 0) is 4.79 Å². The molecule has 2 aromatic rings. The highest BCUT2D eigenvalue weighted by Crippen LogP contribution is 2.26. The van der Waals surface area contributed by atoms with Gasteiger partial charge in [0.1, 0.15) is 0 Å². The van der Waals surface area contributed by atoms with Gasteiger partial charge in [-0.3, -0.25) is 9.20 Å². The average Bonchev–Trinajstić information content (AvgIpc) is 2.52. The third-order valence-electron chi connectivity index (χ3n) is 2.34. The van der Waals surface area contributed by atoms with Gasteiger partial charge in [-0.2, -0.15) is 4.98 Å². The van der Waals surface area contributed by atoms with Crippen LogP contribution in [0.15, 0.2) is 18.5 Å². The molecule has 16 heavy (non-hydrogen) atoms. The molecular formula is C10H10ClN3O2. The molecule has 2 heterocycles. The van der Waals surface area contributed by atoms with Crippen LogP contribution >= 0.6 is 11.6 Å². The largest absolute Gasteiger partial charge is 0.481 e. The van der Waals surface area contributed by atoms with Gasteiger partial charge in [0, 0.05) is 18.3 Å². The summed E-state index contributed by atoms with van der Waals surface area (Å²) in [5.74, 6) is -0.577. The lowest BCUT2D eigenvalue weighted by molar-refractivity contribution is -0.137. The van der Waals surface area contributed by atoms with Crippen LogP contribution in [0.3, 0.4) is 0 Å². The molecule has 5 nitrogen and oxygen atoms in total. The molecule has 0 spiro atoms. The van der Waals surface area contributed by atoms with Gasteiger partial charge >= 0.3 is 5.97 Å². The first-order valence-corrected chi connectivity index (χ1v) is 5.17. The zero-order valence-electron chi connectivity index (χ0n) is 8.59. The molecule has 84 valence electrons. The second-order valence-electron chi connectivity index (χ2n) is 3.58. The maximum absolute atomic E-state index is 10.7.